The smallest absolute Gasteiger partial charge is 0.324 e. The second-order valence-electron chi connectivity index (χ2n) is 6.89. The molecule has 9 nitrogen and oxygen atoms in total. The van der Waals surface area contributed by atoms with Crippen LogP contribution in [-0.2, 0) is 16.0 Å². The van der Waals surface area contributed by atoms with Crippen LogP contribution >= 0.6 is 0 Å². The van der Waals surface area contributed by atoms with Crippen molar-refractivity contribution in [1.82, 2.24) is 25.4 Å². The van der Waals surface area contributed by atoms with E-state index in [-0.39, 0.29) is 24.8 Å². The molecule has 1 saturated heterocycles. The average molecular weight is 404 g/mol. The Bertz CT molecular complexity index is 1050. The fourth-order valence-electron chi connectivity index (χ4n) is 3.30. The van der Waals surface area contributed by atoms with Crippen LogP contribution < -0.4 is 10.6 Å². The van der Waals surface area contributed by atoms with E-state index in [2.05, 4.69) is 25.8 Å². The van der Waals surface area contributed by atoms with Crippen LogP contribution in [0.3, 0.4) is 0 Å². The van der Waals surface area contributed by atoms with E-state index in [1.165, 1.54) is 6.33 Å². The summed E-state index contributed by atoms with van der Waals surface area (Å²) in [6, 6.07) is 15.4. The van der Waals surface area contributed by atoms with Gasteiger partial charge in [-0.3, -0.25) is 19.6 Å². The van der Waals surface area contributed by atoms with Gasteiger partial charge in [-0.1, -0.05) is 42.5 Å². The Kier molecular flexibility index (Phi) is 5.51. The summed E-state index contributed by atoms with van der Waals surface area (Å²) in [6.45, 7) is 0.270. The van der Waals surface area contributed by atoms with Crippen molar-refractivity contribution in [1.29, 1.82) is 0 Å². The molecule has 9 heteroatoms. The summed E-state index contributed by atoms with van der Waals surface area (Å²) in [5.74, 6) is -0.173. The maximum absolute atomic E-state index is 12.6. The van der Waals surface area contributed by atoms with E-state index in [0.717, 1.165) is 16.0 Å². The van der Waals surface area contributed by atoms with Gasteiger partial charge in [-0.25, -0.2) is 9.78 Å². The topological polar surface area (TPSA) is 120 Å². The highest BCUT2D eigenvalue weighted by atomic mass is 16.2. The van der Waals surface area contributed by atoms with Crippen LogP contribution in [0.5, 0.6) is 0 Å². The van der Waals surface area contributed by atoms with Gasteiger partial charge in [0.25, 0.3) is 5.91 Å². The van der Waals surface area contributed by atoms with Gasteiger partial charge in [-0.05, 0) is 24.1 Å². The van der Waals surface area contributed by atoms with Crippen molar-refractivity contribution in [3.05, 3.63) is 66.5 Å². The number of nitrogens with zero attached hydrogens (tertiary/aromatic N) is 3. The monoisotopic (exact) mass is 404 g/mol. The lowest BCUT2D eigenvalue weighted by atomic mass is 10.1. The van der Waals surface area contributed by atoms with Gasteiger partial charge in [0.05, 0.1) is 6.42 Å². The van der Waals surface area contributed by atoms with Crippen molar-refractivity contribution in [3.63, 3.8) is 0 Å². The number of hydrogen-bond donors (Lipinski definition) is 3. The number of aromatic amines is 1. The highest BCUT2D eigenvalue weighted by molar-refractivity contribution is 6.07. The van der Waals surface area contributed by atoms with Crippen LogP contribution in [0.2, 0.25) is 0 Å². The molecule has 4 rings (SSSR count). The molecule has 3 N–H and O–H groups in total. The number of anilines is 1. The lowest BCUT2D eigenvalue weighted by Gasteiger charge is -2.13. The molecule has 30 heavy (non-hydrogen) atoms. The Morgan fingerprint density at radius 1 is 1.10 bits per heavy atom. The van der Waals surface area contributed by atoms with E-state index >= 15 is 0 Å². The quantitative estimate of drug-likeness (QED) is 0.520. The average Bonchev–Trinajstić information content (AvgIpc) is 3.37. The van der Waals surface area contributed by atoms with E-state index < -0.39 is 12.1 Å². The number of aromatic nitrogens is 3. The molecule has 3 aromatic rings. The summed E-state index contributed by atoms with van der Waals surface area (Å²) in [7, 11) is 0. The molecule has 0 bridgehead atoms. The molecule has 4 amide bonds. The number of carbonyl (C=O) groups is 3. The third-order valence-electron chi connectivity index (χ3n) is 4.80. The van der Waals surface area contributed by atoms with Gasteiger partial charge in [0, 0.05) is 17.8 Å². The van der Waals surface area contributed by atoms with E-state index in [0.29, 0.717) is 17.9 Å². The van der Waals surface area contributed by atoms with Gasteiger partial charge in [0.1, 0.15) is 12.4 Å². The largest absolute Gasteiger partial charge is 0.326 e. The van der Waals surface area contributed by atoms with Gasteiger partial charge in [0.15, 0.2) is 5.82 Å². The molecule has 2 heterocycles. The van der Waals surface area contributed by atoms with E-state index in [9.17, 15) is 14.4 Å². The Labute approximate surface area is 172 Å². The number of H-pyrrole nitrogens is 1. The molecule has 2 aromatic carbocycles. The summed E-state index contributed by atoms with van der Waals surface area (Å²) in [6.07, 6.45) is 1.82. The number of hydrogen-bond acceptors (Lipinski definition) is 5. The van der Waals surface area contributed by atoms with Crippen LogP contribution in [0.1, 0.15) is 12.0 Å². The van der Waals surface area contributed by atoms with Crippen molar-refractivity contribution in [2.75, 3.05) is 11.9 Å². The summed E-state index contributed by atoms with van der Waals surface area (Å²) in [4.78, 5) is 42.4. The first-order valence-electron chi connectivity index (χ1n) is 9.51. The lowest BCUT2D eigenvalue weighted by molar-refractivity contribution is -0.129. The predicted octanol–water partition coefficient (Wildman–Crippen LogP) is 1.96. The summed E-state index contributed by atoms with van der Waals surface area (Å²) in [5, 5.41) is 11.9. The van der Waals surface area contributed by atoms with Crippen LogP contribution in [-0.4, -0.2) is 50.5 Å². The van der Waals surface area contributed by atoms with Crippen LogP contribution in [0.15, 0.2) is 60.9 Å². The normalized spacial score (nSPS) is 15.9. The van der Waals surface area contributed by atoms with Crippen molar-refractivity contribution < 1.29 is 14.4 Å². The van der Waals surface area contributed by atoms with E-state index in [1.54, 1.807) is 18.2 Å². The number of amides is 4. The van der Waals surface area contributed by atoms with Gasteiger partial charge < -0.3 is 10.6 Å². The first-order chi connectivity index (χ1) is 14.6. The number of carbonyl (C=O) groups excluding carboxylic acids is 3. The fraction of sp³-hybridized carbons (Fsp3) is 0.190. The van der Waals surface area contributed by atoms with Crippen molar-refractivity contribution in [2.24, 2.45) is 0 Å². The second-order valence-corrected chi connectivity index (χ2v) is 6.89. The molecule has 152 valence electrons. The summed E-state index contributed by atoms with van der Waals surface area (Å²) < 4.78 is 0. The maximum atomic E-state index is 12.6. The van der Waals surface area contributed by atoms with Crippen LogP contribution in [0, 0.1) is 0 Å². The molecular formula is C21H20N6O3. The fourth-order valence-corrected chi connectivity index (χ4v) is 3.30. The van der Waals surface area contributed by atoms with Crippen LogP contribution in [0.25, 0.3) is 11.4 Å². The van der Waals surface area contributed by atoms with Crippen molar-refractivity contribution >= 4 is 23.5 Å². The van der Waals surface area contributed by atoms with Crippen molar-refractivity contribution in [3.8, 4) is 11.4 Å². The number of urea groups is 1. The molecule has 0 radical (unpaired) electrons. The Balaban J connectivity index is 1.34. The molecule has 1 atom stereocenters. The van der Waals surface area contributed by atoms with Gasteiger partial charge in [-0.15, -0.1) is 0 Å². The Hall–Kier alpha value is -4.01. The highest BCUT2D eigenvalue weighted by Crippen LogP contribution is 2.19. The minimum absolute atomic E-state index is 0.140. The predicted molar refractivity (Wildman–Crippen MR) is 109 cm³/mol. The molecule has 1 fully saturated rings. The minimum atomic E-state index is -0.870. The molecule has 0 unspecified atom stereocenters. The molecule has 0 aliphatic carbocycles. The molecule has 1 aliphatic rings. The van der Waals surface area contributed by atoms with Gasteiger partial charge in [0.2, 0.25) is 5.91 Å². The van der Waals surface area contributed by atoms with Crippen LogP contribution in [0.4, 0.5) is 10.5 Å². The first-order valence-corrected chi connectivity index (χ1v) is 9.51. The molecule has 0 saturated carbocycles. The molecule has 1 aromatic heterocycles. The Morgan fingerprint density at radius 3 is 2.70 bits per heavy atom. The zero-order valence-corrected chi connectivity index (χ0v) is 16.0. The van der Waals surface area contributed by atoms with Crippen molar-refractivity contribution in [2.45, 2.75) is 18.9 Å². The summed E-state index contributed by atoms with van der Waals surface area (Å²) in [5.41, 5.74) is 2.36. The molecular weight excluding hydrogens is 384 g/mol. The lowest BCUT2D eigenvalue weighted by Crippen LogP contribution is -2.34. The van der Waals surface area contributed by atoms with E-state index in [4.69, 9.17) is 0 Å². The van der Waals surface area contributed by atoms with E-state index in [1.807, 2.05) is 36.4 Å². The standard InChI is InChI=1S/C21H20N6O3/c28-18(24-16-8-4-7-15(11-16)19-22-13-23-26-19)12-17-20(29)27(21(30)25-17)10-9-14-5-2-1-3-6-14/h1-8,11,13,17H,9-10,12H2,(H,24,28)(H,25,30)(H,22,23,26)/t17-/m0/s1. The second kappa shape index (κ2) is 8.56. The van der Waals surface area contributed by atoms with Gasteiger partial charge in [-0.2, -0.15) is 5.10 Å². The highest BCUT2D eigenvalue weighted by Gasteiger charge is 2.38. The minimum Gasteiger partial charge on any atom is -0.326 e. The first kappa shape index (κ1) is 19.3. The maximum Gasteiger partial charge on any atom is 0.324 e. The summed E-state index contributed by atoms with van der Waals surface area (Å²) >= 11 is 0. The molecule has 0 spiro atoms. The number of benzene rings is 2. The van der Waals surface area contributed by atoms with Gasteiger partial charge >= 0.3 is 6.03 Å². The number of rotatable bonds is 7. The third-order valence-corrected chi connectivity index (χ3v) is 4.80. The SMILES string of the molecule is O=C(C[C@@H]1NC(=O)N(CCc2ccccc2)C1=O)Nc1cccc(-c2ncn[nH]2)c1. The third kappa shape index (κ3) is 4.35. The zero-order chi connectivity index (χ0) is 20.9. The zero-order valence-electron chi connectivity index (χ0n) is 16.0. The Morgan fingerprint density at radius 2 is 1.93 bits per heavy atom. The molecule has 1 aliphatic heterocycles. The number of imide groups is 1. The number of nitrogens with one attached hydrogen (secondary N) is 3.